The minimum absolute atomic E-state index is 0.0341. The first kappa shape index (κ1) is 15.8. The van der Waals surface area contributed by atoms with E-state index in [2.05, 4.69) is 9.71 Å². The van der Waals surface area contributed by atoms with Crippen LogP contribution in [0.3, 0.4) is 0 Å². The van der Waals surface area contributed by atoms with E-state index in [1.807, 2.05) is 0 Å². The number of sulfonamides is 1. The molecule has 3 aromatic rings. The van der Waals surface area contributed by atoms with Gasteiger partial charge in [0.15, 0.2) is 12.2 Å². The summed E-state index contributed by atoms with van der Waals surface area (Å²) >= 11 is 0. The van der Waals surface area contributed by atoms with E-state index in [0.29, 0.717) is 11.4 Å². The second-order valence-corrected chi connectivity index (χ2v) is 6.62. The average Bonchev–Trinajstić information content (AvgIpc) is 3.10. The fourth-order valence-corrected chi connectivity index (χ4v) is 3.13. The number of nitrogens with two attached hydrogens (primary N) is 1. The van der Waals surface area contributed by atoms with Crippen molar-refractivity contribution < 1.29 is 17.6 Å². The number of hydrogen-bond acceptors (Lipinski definition) is 5. The van der Waals surface area contributed by atoms with Gasteiger partial charge in [-0.2, -0.15) is 0 Å². The lowest BCUT2D eigenvalue weighted by Gasteiger charge is -2.09. The van der Waals surface area contributed by atoms with Gasteiger partial charge in [-0.3, -0.25) is 9.52 Å². The molecule has 0 aliphatic carbocycles. The molecule has 24 heavy (non-hydrogen) atoms. The van der Waals surface area contributed by atoms with Crippen LogP contribution in [0.2, 0.25) is 0 Å². The van der Waals surface area contributed by atoms with Gasteiger partial charge in [-0.1, -0.05) is 0 Å². The molecule has 122 valence electrons. The van der Waals surface area contributed by atoms with Gasteiger partial charge < -0.3 is 10.2 Å². The molecule has 3 rings (SSSR count). The van der Waals surface area contributed by atoms with Gasteiger partial charge in [0.1, 0.15) is 0 Å². The van der Waals surface area contributed by atoms with Crippen LogP contribution in [0.5, 0.6) is 0 Å². The van der Waals surface area contributed by atoms with Crippen LogP contribution in [0.1, 0.15) is 10.4 Å². The van der Waals surface area contributed by atoms with Gasteiger partial charge in [-0.25, -0.2) is 13.4 Å². The van der Waals surface area contributed by atoms with Crippen molar-refractivity contribution in [1.29, 1.82) is 0 Å². The van der Waals surface area contributed by atoms with E-state index < -0.39 is 15.9 Å². The maximum Gasteiger partial charge on any atom is 0.261 e. The lowest BCUT2D eigenvalue weighted by atomic mass is 10.2. The third-order valence-electron chi connectivity index (χ3n) is 3.30. The number of primary amides is 1. The van der Waals surface area contributed by atoms with Gasteiger partial charge in [0, 0.05) is 16.8 Å². The minimum atomic E-state index is -3.76. The maximum atomic E-state index is 12.3. The largest absolute Gasteiger partial charge is 0.444 e. The number of benzene rings is 2. The van der Waals surface area contributed by atoms with Crippen molar-refractivity contribution in [2.45, 2.75) is 4.90 Å². The summed E-state index contributed by atoms with van der Waals surface area (Å²) in [7, 11) is -3.76. The molecule has 0 unspecified atom stereocenters. The Bertz CT molecular complexity index is 948. The number of aromatic nitrogens is 1. The summed E-state index contributed by atoms with van der Waals surface area (Å²) in [5, 5.41) is 0. The normalized spacial score (nSPS) is 11.2. The van der Waals surface area contributed by atoms with Crippen molar-refractivity contribution in [1.82, 2.24) is 4.98 Å². The van der Waals surface area contributed by atoms with Crippen molar-refractivity contribution in [3.05, 3.63) is 66.7 Å². The van der Waals surface area contributed by atoms with E-state index in [1.165, 1.54) is 30.7 Å². The zero-order chi connectivity index (χ0) is 17.2. The van der Waals surface area contributed by atoms with Crippen LogP contribution in [-0.2, 0) is 10.0 Å². The smallest absolute Gasteiger partial charge is 0.261 e. The molecule has 0 aliphatic heterocycles. The minimum Gasteiger partial charge on any atom is -0.444 e. The predicted molar refractivity (Wildman–Crippen MR) is 87.7 cm³/mol. The van der Waals surface area contributed by atoms with Crippen molar-refractivity contribution in [2.24, 2.45) is 5.73 Å². The number of hydrogen-bond donors (Lipinski definition) is 2. The van der Waals surface area contributed by atoms with Gasteiger partial charge in [0.05, 0.1) is 11.1 Å². The van der Waals surface area contributed by atoms with Crippen molar-refractivity contribution in [3.8, 4) is 11.3 Å². The monoisotopic (exact) mass is 343 g/mol. The van der Waals surface area contributed by atoms with Gasteiger partial charge in [-0.05, 0) is 48.5 Å². The first-order valence-electron chi connectivity index (χ1n) is 6.87. The summed E-state index contributed by atoms with van der Waals surface area (Å²) in [6.45, 7) is 0. The number of nitrogens with one attached hydrogen (secondary N) is 1. The molecule has 8 heteroatoms. The molecule has 2 aromatic carbocycles. The molecule has 0 saturated heterocycles. The summed E-state index contributed by atoms with van der Waals surface area (Å²) in [6.07, 6.45) is 2.89. The van der Waals surface area contributed by atoms with E-state index >= 15 is 0 Å². The van der Waals surface area contributed by atoms with E-state index in [4.69, 9.17) is 10.2 Å². The van der Waals surface area contributed by atoms with E-state index in [0.717, 1.165) is 5.56 Å². The fourth-order valence-electron chi connectivity index (χ4n) is 2.07. The molecule has 1 heterocycles. The molecule has 1 aromatic heterocycles. The summed E-state index contributed by atoms with van der Waals surface area (Å²) in [6, 6.07) is 12.0. The quantitative estimate of drug-likeness (QED) is 0.737. The van der Waals surface area contributed by atoms with Crippen LogP contribution >= 0.6 is 0 Å². The van der Waals surface area contributed by atoms with E-state index in [9.17, 15) is 13.2 Å². The van der Waals surface area contributed by atoms with Crippen LogP contribution in [0.4, 0.5) is 5.69 Å². The lowest BCUT2D eigenvalue weighted by Crippen LogP contribution is -2.14. The second kappa shape index (κ2) is 6.17. The number of amides is 1. The molecule has 0 atom stereocenters. The molecular weight excluding hydrogens is 330 g/mol. The number of carbonyl (C=O) groups is 1. The summed E-state index contributed by atoms with van der Waals surface area (Å²) in [5.41, 5.74) is 6.55. The van der Waals surface area contributed by atoms with E-state index in [1.54, 1.807) is 30.5 Å². The second-order valence-electron chi connectivity index (χ2n) is 4.94. The molecule has 0 fully saturated rings. The molecule has 0 radical (unpaired) electrons. The first-order valence-corrected chi connectivity index (χ1v) is 8.36. The number of nitrogens with zero attached hydrogens (tertiary/aromatic N) is 1. The lowest BCUT2D eigenvalue weighted by molar-refractivity contribution is 0.1000. The zero-order valence-electron chi connectivity index (χ0n) is 12.3. The van der Waals surface area contributed by atoms with Crippen LogP contribution in [0.25, 0.3) is 11.3 Å². The zero-order valence-corrected chi connectivity index (χ0v) is 13.2. The van der Waals surface area contributed by atoms with Crippen molar-refractivity contribution in [2.75, 3.05) is 4.72 Å². The number of oxazole rings is 1. The number of rotatable bonds is 5. The Morgan fingerprint density at radius 3 is 2.25 bits per heavy atom. The number of carbonyl (C=O) groups excluding carboxylic acids is 1. The summed E-state index contributed by atoms with van der Waals surface area (Å²) < 4.78 is 32.3. The highest BCUT2D eigenvalue weighted by Gasteiger charge is 2.15. The van der Waals surface area contributed by atoms with Gasteiger partial charge in [0.2, 0.25) is 5.91 Å². The molecule has 1 amide bonds. The Morgan fingerprint density at radius 2 is 1.71 bits per heavy atom. The predicted octanol–water partition coefficient (Wildman–Crippen LogP) is 2.24. The first-order chi connectivity index (χ1) is 11.5. The Kier molecular flexibility index (Phi) is 4.05. The molecule has 0 bridgehead atoms. The average molecular weight is 343 g/mol. The highest BCUT2D eigenvalue weighted by Crippen LogP contribution is 2.22. The Hall–Kier alpha value is -3.13. The van der Waals surface area contributed by atoms with Crippen LogP contribution < -0.4 is 10.5 Å². The Morgan fingerprint density at radius 1 is 1.04 bits per heavy atom. The molecular formula is C16H13N3O4S. The molecule has 0 aliphatic rings. The maximum absolute atomic E-state index is 12.3. The third-order valence-corrected chi connectivity index (χ3v) is 4.70. The Balaban J connectivity index is 1.80. The molecule has 3 N–H and O–H groups in total. The van der Waals surface area contributed by atoms with Gasteiger partial charge in [-0.15, -0.1) is 0 Å². The molecule has 0 saturated carbocycles. The summed E-state index contributed by atoms with van der Waals surface area (Å²) in [4.78, 5) is 14.9. The van der Waals surface area contributed by atoms with Gasteiger partial charge in [0.25, 0.3) is 10.0 Å². The number of anilines is 1. The highest BCUT2D eigenvalue weighted by molar-refractivity contribution is 7.92. The summed E-state index contributed by atoms with van der Waals surface area (Å²) in [5.74, 6) is -0.0265. The Labute approximate surface area is 138 Å². The van der Waals surface area contributed by atoms with Crippen molar-refractivity contribution >= 4 is 21.6 Å². The standard InChI is InChI=1S/C16H13N3O4S/c17-16(20)12-3-7-14(8-4-12)24(21,22)19-13-5-1-11(2-6-13)15-9-18-10-23-15/h1-10,19H,(H2,17,20). The topological polar surface area (TPSA) is 115 Å². The van der Waals surface area contributed by atoms with Gasteiger partial charge >= 0.3 is 0 Å². The molecule has 0 spiro atoms. The van der Waals surface area contributed by atoms with E-state index in [-0.39, 0.29) is 10.5 Å². The third kappa shape index (κ3) is 3.28. The van der Waals surface area contributed by atoms with Crippen LogP contribution in [0, 0.1) is 0 Å². The van der Waals surface area contributed by atoms with Crippen LogP contribution in [-0.4, -0.2) is 19.3 Å². The highest BCUT2D eigenvalue weighted by atomic mass is 32.2. The molecule has 7 nitrogen and oxygen atoms in total. The van der Waals surface area contributed by atoms with Crippen molar-refractivity contribution in [3.63, 3.8) is 0 Å². The SMILES string of the molecule is NC(=O)c1ccc(S(=O)(=O)Nc2ccc(-c3cnco3)cc2)cc1. The van der Waals surface area contributed by atoms with Crippen LogP contribution in [0.15, 0.2) is 70.4 Å². The fraction of sp³-hybridized carbons (Fsp3) is 0.